The van der Waals surface area contributed by atoms with Gasteiger partial charge in [0.2, 0.25) is 0 Å². The molecule has 0 aliphatic heterocycles. The van der Waals surface area contributed by atoms with Crippen LogP contribution < -0.4 is 0 Å². The molecule has 0 atom stereocenters. The van der Waals surface area contributed by atoms with E-state index in [1.807, 2.05) is 0 Å². The van der Waals surface area contributed by atoms with Crippen LogP contribution in [0.2, 0.25) is 0 Å². The van der Waals surface area contributed by atoms with Crippen LogP contribution in [0.1, 0.15) is 20.8 Å². The molecule has 0 heterocycles. The van der Waals surface area contributed by atoms with Crippen LogP contribution in [0.5, 0.6) is 0 Å². The summed E-state index contributed by atoms with van der Waals surface area (Å²) in [4.78, 5) is 25.4. The second kappa shape index (κ2) is 4.60. The van der Waals surface area contributed by atoms with E-state index in [0.717, 1.165) is 0 Å². The third-order valence-corrected chi connectivity index (χ3v) is 0.979. The van der Waals surface area contributed by atoms with Gasteiger partial charge in [0.15, 0.2) is 18.2 Å². The first-order chi connectivity index (χ1) is 5.04. The molecule has 4 nitrogen and oxygen atoms in total. The normalized spacial score (nSPS) is 11.0. The molecule has 4 heteroatoms. The van der Waals surface area contributed by atoms with E-state index in [1.54, 1.807) is 0 Å². The van der Waals surface area contributed by atoms with Crippen molar-refractivity contribution in [3.8, 4) is 0 Å². The van der Waals surface area contributed by atoms with Crippen molar-refractivity contribution in [2.24, 2.45) is 5.16 Å². The van der Waals surface area contributed by atoms with Gasteiger partial charge in [-0.15, -0.1) is 0 Å². The second-order valence-corrected chi connectivity index (χ2v) is 2.21. The predicted molar refractivity (Wildman–Crippen MR) is 40.4 cm³/mol. The lowest BCUT2D eigenvalue weighted by molar-refractivity contribution is -0.121. The van der Waals surface area contributed by atoms with E-state index in [9.17, 15) is 9.59 Å². The first kappa shape index (κ1) is 9.81. The molecular weight excluding hydrogens is 146 g/mol. The maximum Gasteiger partial charge on any atom is 0.177 e. The zero-order chi connectivity index (χ0) is 8.85. The van der Waals surface area contributed by atoms with Gasteiger partial charge in [-0.1, -0.05) is 5.16 Å². The number of carbonyl (C=O) groups excluding carboxylic acids is 2. The third-order valence-electron chi connectivity index (χ3n) is 0.979. The summed E-state index contributed by atoms with van der Waals surface area (Å²) in [6, 6.07) is 0. The van der Waals surface area contributed by atoms with Crippen molar-refractivity contribution in [1.82, 2.24) is 0 Å². The molecule has 0 aromatic heterocycles. The van der Waals surface area contributed by atoms with Crippen molar-refractivity contribution in [3.05, 3.63) is 0 Å². The van der Waals surface area contributed by atoms with Crippen LogP contribution in [-0.2, 0) is 14.4 Å². The van der Waals surface area contributed by atoms with E-state index in [0.29, 0.717) is 0 Å². The van der Waals surface area contributed by atoms with Gasteiger partial charge in [0.05, 0.1) is 0 Å². The van der Waals surface area contributed by atoms with Crippen LogP contribution in [0.25, 0.3) is 0 Å². The highest BCUT2D eigenvalue weighted by molar-refractivity contribution is 6.37. The lowest BCUT2D eigenvalue weighted by Crippen LogP contribution is -2.07. The highest BCUT2D eigenvalue weighted by Gasteiger charge is 1.98. The highest BCUT2D eigenvalue weighted by Crippen LogP contribution is 1.83. The van der Waals surface area contributed by atoms with Gasteiger partial charge >= 0.3 is 0 Å². The van der Waals surface area contributed by atoms with Gasteiger partial charge in [0, 0.05) is 6.92 Å². The molecule has 0 bridgehead atoms. The fraction of sp³-hybridized carbons (Fsp3) is 0.571. The summed E-state index contributed by atoms with van der Waals surface area (Å²) in [5, 5.41) is 3.41. The van der Waals surface area contributed by atoms with Crippen molar-refractivity contribution < 1.29 is 14.4 Å². The molecule has 0 amide bonds. The van der Waals surface area contributed by atoms with Crippen LogP contribution in [0.4, 0.5) is 0 Å². The standard InChI is InChI=1S/C7H11NO3/c1-5(9)4-11-8-6(2)7(3)10/h4H2,1-3H3/b8-6+. The number of oxime groups is 1. The molecule has 62 valence electrons. The summed E-state index contributed by atoms with van der Waals surface area (Å²) < 4.78 is 0. The van der Waals surface area contributed by atoms with Crippen molar-refractivity contribution >= 4 is 17.3 Å². The van der Waals surface area contributed by atoms with Crippen molar-refractivity contribution in [2.75, 3.05) is 6.61 Å². The average molecular weight is 157 g/mol. The number of Topliss-reactive ketones (excluding diaryl/α,β-unsaturated/α-hetero) is 2. The van der Waals surface area contributed by atoms with Gasteiger partial charge in [0.1, 0.15) is 5.71 Å². The highest BCUT2D eigenvalue weighted by atomic mass is 16.6. The second-order valence-electron chi connectivity index (χ2n) is 2.21. The summed E-state index contributed by atoms with van der Waals surface area (Å²) in [7, 11) is 0. The van der Waals surface area contributed by atoms with Gasteiger partial charge in [-0.05, 0) is 13.8 Å². The quantitative estimate of drug-likeness (QED) is 0.442. The zero-order valence-corrected chi connectivity index (χ0v) is 6.88. The van der Waals surface area contributed by atoms with Gasteiger partial charge in [0.25, 0.3) is 0 Å². The summed E-state index contributed by atoms with van der Waals surface area (Å²) >= 11 is 0. The minimum Gasteiger partial charge on any atom is -0.387 e. The Bertz CT molecular complexity index is 196. The van der Waals surface area contributed by atoms with E-state index in [1.165, 1.54) is 20.8 Å². The Balaban J connectivity index is 3.74. The fourth-order valence-electron chi connectivity index (χ4n) is 0.284. The molecule has 0 spiro atoms. The van der Waals surface area contributed by atoms with Gasteiger partial charge < -0.3 is 4.84 Å². The molecule has 0 aliphatic rings. The van der Waals surface area contributed by atoms with E-state index >= 15 is 0 Å². The van der Waals surface area contributed by atoms with Crippen LogP contribution >= 0.6 is 0 Å². The maximum atomic E-state index is 10.5. The van der Waals surface area contributed by atoms with Crippen LogP contribution in [0, 0.1) is 0 Å². The molecule has 0 unspecified atom stereocenters. The molecule has 0 radical (unpaired) electrons. The molecular formula is C7H11NO3. The van der Waals surface area contributed by atoms with Gasteiger partial charge in [-0.25, -0.2) is 0 Å². The van der Waals surface area contributed by atoms with E-state index < -0.39 is 0 Å². The van der Waals surface area contributed by atoms with Gasteiger partial charge in [-0.2, -0.15) is 0 Å². The Labute approximate surface area is 65.2 Å². The number of ketones is 2. The van der Waals surface area contributed by atoms with E-state index in [4.69, 9.17) is 0 Å². The summed E-state index contributed by atoms with van der Waals surface area (Å²) in [6.45, 7) is 4.22. The molecule has 0 saturated heterocycles. The first-order valence-electron chi connectivity index (χ1n) is 3.21. The molecule has 0 rings (SSSR count). The fourth-order valence-corrected chi connectivity index (χ4v) is 0.284. The number of hydrogen-bond donors (Lipinski definition) is 0. The maximum absolute atomic E-state index is 10.5. The van der Waals surface area contributed by atoms with Crippen LogP contribution in [0.15, 0.2) is 5.16 Å². The molecule has 0 aromatic rings. The minimum absolute atomic E-state index is 0.0788. The summed E-state index contributed by atoms with van der Waals surface area (Å²) in [6.07, 6.45) is 0. The Morgan fingerprint density at radius 1 is 1.27 bits per heavy atom. The lowest BCUT2D eigenvalue weighted by atomic mass is 10.3. The largest absolute Gasteiger partial charge is 0.387 e. The average Bonchev–Trinajstić information content (AvgIpc) is 1.86. The SMILES string of the molecule is CC(=O)CO/N=C(\C)C(C)=O. The third kappa shape index (κ3) is 5.26. The molecule has 0 aromatic carbocycles. The number of rotatable bonds is 4. The molecule has 0 saturated carbocycles. The Morgan fingerprint density at radius 2 is 1.82 bits per heavy atom. The lowest BCUT2D eigenvalue weighted by Gasteiger charge is -1.95. The van der Waals surface area contributed by atoms with Crippen molar-refractivity contribution in [3.63, 3.8) is 0 Å². The topological polar surface area (TPSA) is 55.7 Å². The summed E-state index contributed by atoms with van der Waals surface area (Å²) in [5.74, 6) is -0.279. The molecule has 0 N–H and O–H groups in total. The first-order valence-corrected chi connectivity index (χ1v) is 3.21. The number of nitrogens with zero attached hydrogens (tertiary/aromatic N) is 1. The Morgan fingerprint density at radius 3 is 2.18 bits per heavy atom. The van der Waals surface area contributed by atoms with E-state index in [-0.39, 0.29) is 23.9 Å². The van der Waals surface area contributed by atoms with E-state index in [2.05, 4.69) is 9.99 Å². The van der Waals surface area contributed by atoms with Crippen LogP contribution in [0.3, 0.4) is 0 Å². The summed E-state index contributed by atoms with van der Waals surface area (Å²) in [5.41, 5.74) is 0.270. The monoisotopic (exact) mass is 157 g/mol. The van der Waals surface area contributed by atoms with Crippen LogP contribution in [-0.4, -0.2) is 23.9 Å². The van der Waals surface area contributed by atoms with Crippen molar-refractivity contribution in [1.29, 1.82) is 0 Å². The smallest absolute Gasteiger partial charge is 0.177 e. The minimum atomic E-state index is -0.159. The Hall–Kier alpha value is -1.19. The van der Waals surface area contributed by atoms with Crippen molar-refractivity contribution in [2.45, 2.75) is 20.8 Å². The van der Waals surface area contributed by atoms with Gasteiger partial charge in [-0.3, -0.25) is 9.59 Å². The molecule has 0 fully saturated rings. The predicted octanol–water partition coefficient (Wildman–Crippen LogP) is 0.557. The zero-order valence-electron chi connectivity index (χ0n) is 6.88. The Kier molecular flexibility index (Phi) is 4.10. The number of carbonyl (C=O) groups is 2. The number of hydrogen-bond acceptors (Lipinski definition) is 4. The molecule has 11 heavy (non-hydrogen) atoms. The molecule has 0 aliphatic carbocycles.